The molecule has 0 N–H and O–H groups in total. The van der Waals surface area contributed by atoms with Crippen LogP contribution in [0.15, 0.2) is 48.7 Å². The molecular formula is C19H17F4N. The summed E-state index contributed by atoms with van der Waals surface area (Å²) in [6, 6.07) is 9.91. The Labute approximate surface area is 137 Å². The quantitative estimate of drug-likeness (QED) is 0.508. The number of aromatic nitrogens is 1. The van der Waals surface area contributed by atoms with Crippen LogP contribution in [0.1, 0.15) is 19.4 Å². The number of rotatable bonds is 3. The molecule has 1 nitrogen and oxygen atoms in total. The summed E-state index contributed by atoms with van der Waals surface area (Å²) in [5.41, 5.74) is 0.337. The standard InChI is InChI=1S/C19H17F4N/c1-12(2)11-24-8-7-13-3-4-14(9-18(13)24)16-6-5-15(20)10-17(16)19(21,22)23/h3-10,12H,11H2,1-2H3. The summed E-state index contributed by atoms with van der Waals surface area (Å²) in [6.45, 7) is 4.94. The fraction of sp³-hybridized carbons (Fsp3) is 0.263. The lowest BCUT2D eigenvalue weighted by Crippen LogP contribution is -2.08. The molecule has 0 aliphatic rings. The first-order chi connectivity index (χ1) is 11.3. The highest BCUT2D eigenvalue weighted by molar-refractivity contribution is 5.86. The maximum atomic E-state index is 13.3. The van der Waals surface area contributed by atoms with E-state index in [1.165, 1.54) is 6.07 Å². The second kappa shape index (κ2) is 5.96. The third kappa shape index (κ3) is 3.16. The van der Waals surface area contributed by atoms with Crippen molar-refractivity contribution in [2.24, 2.45) is 5.92 Å². The minimum atomic E-state index is -4.60. The van der Waals surface area contributed by atoms with Gasteiger partial charge in [0.2, 0.25) is 0 Å². The van der Waals surface area contributed by atoms with Crippen molar-refractivity contribution in [1.82, 2.24) is 4.57 Å². The Morgan fingerprint density at radius 1 is 1.00 bits per heavy atom. The van der Waals surface area contributed by atoms with E-state index in [1.807, 2.05) is 16.8 Å². The molecule has 126 valence electrons. The molecule has 0 fully saturated rings. The molecule has 0 aliphatic heterocycles. The molecule has 0 aliphatic carbocycles. The van der Waals surface area contributed by atoms with Crippen LogP contribution in [0, 0.1) is 11.7 Å². The van der Waals surface area contributed by atoms with E-state index in [4.69, 9.17) is 0 Å². The molecule has 3 rings (SSSR count). The van der Waals surface area contributed by atoms with E-state index in [-0.39, 0.29) is 5.56 Å². The van der Waals surface area contributed by atoms with Crippen molar-refractivity contribution in [2.75, 3.05) is 0 Å². The molecule has 0 saturated heterocycles. The molecule has 2 aromatic carbocycles. The lowest BCUT2D eigenvalue weighted by Gasteiger charge is -2.14. The molecule has 0 bridgehead atoms. The van der Waals surface area contributed by atoms with Gasteiger partial charge in [0.05, 0.1) is 5.56 Å². The zero-order valence-corrected chi connectivity index (χ0v) is 13.4. The average Bonchev–Trinajstić information content (AvgIpc) is 2.88. The van der Waals surface area contributed by atoms with E-state index in [0.29, 0.717) is 17.5 Å². The Hall–Kier alpha value is -2.30. The highest BCUT2D eigenvalue weighted by Crippen LogP contribution is 2.38. The largest absolute Gasteiger partial charge is 0.417 e. The van der Waals surface area contributed by atoms with Crippen molar-refractivity contribution in [1.29, 1.82) is 0 Å². The van der Waals surface area contributed by atoms with Crippen LogP contribution in [0.4, 0.5) is 17.6 Å². The van der Waals surface area contributed by atoms with Crippen molar-refractivity contribution in [3.8, 4) is 11.1 Å². The lowest BCUT2D eigenvalue weighted by atomic mass is 9.98. The predicted octanol–water partition coefficient (Wildman–Crippen LogP) is 6.12. The van der Waals surface area contributed by atoms with Gasteiger partial charge in [-0.2, -0.15) is 13.2 Å². The summed E-state index contributed by atoms with van der Waals surface area (Å²) in [7, 11) is 0. The fourth-order valence-corrected chi connectivity index (χ4v) is 2.91. The maximum Gasteiger partial charge on any atom is 0.417 e. The third-order valence-electron chi connectivity index (χ3n) is 3.93. The first-order valence-corrected chi connectivity index (χ1v) is 7.71. The van der Waals surface area contributed by atoms with Gasteiger partial charge in [0, 0.05) is 18.3 Å². The molecule has 1 heterocycles. The number of fused-ring (bicyclic) bond motifs is 1. The second-order valence-corrected chi connectivity index (χ2v) is 6.32. The number of alkyl halides is 3. The second-order valence-electron chi connectivity index (χ2n) is 6.32. The first-order valence-electron chi connectivity index (χ1n) is 7.71. The van der Waals surface area contributed by atoms with E-state index >= 15 is 0 Å². The molecule has 0 saturated carbocycles. The molecule has 0 radical (unpaired) electrons. The predicted molar refractivity (Wildman–Crippen MR) is 87.2 cm³/mol. The van der Waals surface area contributed by atoms with Crippen LogP contribution in [-0.4, -0.2) is 4.57 Å². The zero-order valence-electron chi connectivity index (χ0n) is 13.4. The Kier molecular flexibility index (Phi) is 4.11. The molecule has 3 aromatic rings. The third-order valence-corrected chi connectivity index (χ3v) is 3.93. The number of halogens is 4. The highest BCUT2D eigenvalue weighted by Gasteiger charge is 2.34. The van der Waals surface area contributed by atoms with Crippen molar-refractivity contribution in [3.05, 3.63) is 60.0 Å². The molecule has 24 heavy (non-hydrogen) atoms. The van der Waals surface area contributed by atoms with Gasteiger partial charge < -0.3 is 4.57 Å². The first kappa shape index (κ1) is 16.6. The summed E-state index contributed by atoms with van der Waals surface area (Å²) >= 11 is 0. The zero-order chi connectivity index (χ0) is 17.5. The summed E-state index contributed by atoms with van der Waals surface area (Å²) in [5, 5.41) is 0.968. The van der Waals surface area contributed by atoms with Gasteiger partial charge in [-0.05, 0) is 46.7 Å². The summed E-state index contributed by atoms with van der Waals surface area (Å²) in [4.78, 5) is 0. The smallest absolute Gasteiger partial charge is 0.347 e. The van der Waals surface area contributed by atoms with Gasteiger partial charge in [-0.15, -0.1) is 0 Å². The number of nitrogens with zero attached hydrogens (tertiary/aromatic N) is 1. The Morgan fingerprint density at radius 3 is 2.42 bits per heavy atom. The monoisotopic (exact) mass is 335 g/mol. The van der Waals surface area contributed by atoms with Crippen molar-refractivity contribution >= 4 is 10.9 Å². The molecule has 0 atom stereocenters. The van der Waals surface area contributed by atoms with Gasteiger partial charge in [0.1, 0.15) is 5.82 Å². The van der Waals surface area contributed by atoms with Crippen LogP contribution in [-0.2, 0) is 12.7 Å². The van der Waals surface area contributed by atoms with Crippen molar-refractivity contribution in [2.45, 2.75) is 26.6 Å². The van der Waals surface area contributed by atoms with Gasteiger partial charge in [0.15, 0.2) is 0 Å². The van der Waals surface area contributed by atoms with Crippen LogP contribution in [0.2, 0.25) is 0 Å². The van der Waals surface area contributed by atoms with E-state index in [0.717, 1.165) is 23.5 Å². The minimum absolute atomic E-state index is 0.0110. The van der Waals surface area contributed by atoms with Gasteiger partial charge in [-0.1, -0.05) is 32.0 Å². The maximum absolute atomic E-state index is 13.3. The van der Waals surface area contributed by atoms with Crippen LogP contribution in [0.3, 0.4) is 0 Å². The van der Waals surface area contributed by atoms with Gasteiger partial charge in [0.25, 0.3) is 0 Å². The van der Waals surface area contributed by atoms with Crippen LogP contribution < -0.4 is 0 Å². The van der Waals surface area contributed by atoms with E-state index in [2.05, 4.69) is 13.8 Å². The number of benzene rings is 2. The van der Waals surface area contributed by atoms with Gasteiger partial charge in [-0.3, -0.25) is 0 Å². The highest BCUT2D eigenvalue weighted by atomic mass is 19.4. The Morgan fingerprint density at radius 2 is 1.75 bits per heavy atom. The normalized spacial score (nSPS) is 12.3. The van der Waals surface area contributed by atoms with Crippen LogP contribution in [0.25, 0.3) is 22.0 Å². The number of hydrogen-bond acceptors (Lipinski definition) is 0. The topological polar surface area (TPSA) is 4.93 Å². The van der Waals surface area contributed by atoms with Crippen molar-refractivity contribution in [3.63, 3.8) is 0 Å². The van der Waals surface area contributed by atoms with E-state index in [1.54, 1.807) is 18.2 Å². The van der Waals surface area contributed by atoms with Gasteiger partial charge >= 0.3 is 6.18 Å². The molecular weight excluding hydrogens is 318 g/mol. The molecule has 0 unspecified atom stereocenters. The van der Waals surface area contributed by atoms with Crippen LogP contribution >= 0.6 is 0 Å². The van der Waals surface area contributed by atoms with Crippen molar-refractivity contribution < 1.29 is 17.6 Å². The average molecular weight is 335 g/mol. The minimum Gasteiger partial charge on any atom is -0.347 e. The Balaban J connectivity index is 2.17. The molecule has 5 heteroatoms. The van der Waals surface area contributed by atoms with E-state index in [9.17, 15) is 17.6 Å². The molecule has 0 spiro atoms. The Bertz CT molecular complexity index is 875. The van der Waals surface area contributed by atoms with E-state index < -0.39 is 17.6 Å². The summed E-state index contributed by atoms with van der Waals surface area (Å²) in [5.74, 6) is -0.476. The van der Waals surface area contributed by atoms with Crippen LogP contribution in [0.5, 0.6) is 0 Å². The summed E-state index contributed by atoms with van der Waals surface area (Å²) < 4.78 is 55.1. The summed E-state index contributed by atoms with van der Waals surface area (Å²) in [6.07, 6.45) is -2.67. The SMILES string of the molecule is CC(C)Cn1ccc2ccc(-c3ccc(F)cc3C(F)(F)F)cc21. The number of hydrogen-bond donors (Lipinski definition) is 0. The fourth-order valence-electron chi connectivity index (χ4n) is 2.91. The molecule has 1 aromatic heterocycles. The molecule has 0 amide bonds. The lowest BCUT2D eigenvalue weighted by molar-refractivity contribution is -0.137. The van der Waals surface area contributed by atoms with Gasteiger partial charge in [-0.25, -0.2) is 4.39 Å².